The lowest BCUT2D eigenvalue weighted by Gasteiger charge is -2.27. The molecule has 0 bridgehead atoms. The second kappa shape index (κ2) is 5.19. The number of benzene rings is 1. The van der Waals surface area contributed by atoms with Gasteiger partial charge in [0.15, 0.2) is 0 Å². The van der Waals surface area contributed by atoms with Crippen LogP contribution in [0.4, 0.5) is 0 Å². The normalized spacial score (nSPS) is 15.9. The Morgan fingerprint density at radius 1 is 1.41 bits per heavy atom. The Morgan fingerprint density at radius 2 is 2.12 bits per heavy atom. The monoisotopic (exact) mass is 234 g/mol. The smallest absolute Gasteiger partial charge is 0.227 e. The zero-order valence-electron chi connectivity index (χ0n) is 10.1. The van der Waals surface area contributed by atoms with Gasteiger partial charge < -0.3 is 15.3 Å². The first kappa shape index (κ1) is 11.9. The van der Waals surface area contributed by atoms with Gasteiger partial charge in [-0.2, -0.15) is 0 Å². The van der Waals surface area contributed by atoms with E-state index < -0.39 is 0 Å². The van der Waals surface area contributed by atoms with E-state index in [0.717, 1.165) is 31.7 Å². The van der Waals surface area contributed by atoms with E-state index >= 15 is 0 Å². The van der Waals surface area contributed by atoms with Crippen LogP contribution in [0.15, 0.2) is 18.2 Å². The first-order valence-electron chi connectivity index (χ1n) is 5.94. The van der Waals surface area contributed by atoms with Crippen LogP contribution in [0, 0.1) is 6.92 Å². The molecule has 1 heterocycles. The fourth-order valence-corrected chi connectivity index (χ4v) is 2.04. The molecule has 17 heavy (non-hydrogen) atoms. The summed E-state index contributed by atoms with van der Waals surface area (Å²) in [5.74, 6) is 0.298. The van der Waals surface area contributed by atoms with E-state index in [1.54, 1.807) is 6.07 Å². The van der Waals surface area contributed by atoms with Crippen molar-refractivity contribution in [3.05, 3.63) is 29.3 Å². The first-order valence-corrected chi connectivity index (χ1v) is 5.94. The minimum Gasteiger partial charge on any atom is -0.508 e. The van der Waals surface area contributed by atoms with Crippen LogP contribution in [0.2, 0.25) is 0 Å². The number of aromatic hydroxyl groups is 1. The number of carbonyl (C=O) groups is 1. The van der Waals surface area contributed by atoms with Gasteiger partial charge in [0, 0.05) is 31.7 Å². The summed E-state index contributed by atoms with van der Waals surface area (Å²) in [6.07, 6.45) is 0.285. The zero-order chi connectivity index (χ0) is 12.3. The molecule has 0 aromatic heterocycles. The highest BCUT2D eigenvalue weighted by Gasteiger charge is 2.17. The number of hydrogen-bond acceptors (Lipinski definition) is 3. The van der Waals surface area contributed by atoms with E-state index in [2.05, 4.69) is 5.32 Å². The Labute approximate surface area is 101 Å². The predicted molar refractivity (Wildman–Crippen MR) is 66.0 cm³/mol. The highest BCUT2D eigenvalue weighted by atomic mass is 16.3. The lowest BCUT2D eigenvalue weighted by Crippen LogP contribution is -2.46. The third-order valence-electron chi connectivity index (χ3n) is 3.05. The summed E-state index contributed by atoms with van der Waals surface area (Å²) < 4.78 is 0. The summed E-state index contributed by atoms with van der Waals surface area (Å²) in [6, 6.07) is 5.36. The van der Waals surface area contributed by atoms with Crippen LogP contribution in [0.25, 0.3) is 0 Å². The van der Waals surface area contributed by atoms with E-state index in [-0.39, 0.29) is 18.1 Å². The first-order chi connectivity index (χ1) is 8.16. The number of phenolic OH excluding ortho intramolecular Hbond substituents is 1. The van der Waals surface area contributed by atoms with Gasteiger partial charge in [-0.15, -0.1) is 0 Å². The number of phenols is 1. The van der Waals surface area contributed by atoms with E-state index in [0.29, 0.717) is 5.56 Å². The maximum Gasteiger partial charge on any atom is 0.227 e. The molecule has 1 aliphatic rings. The summed E-state index contributed by atoms with van der Waals surface area (Å²) in [6.45, 7) is 5.17. The Morgan fingerprint density at radius 3 is 2.82 bits per heavy atom. The maximum atomic E-state index is 12.0. The molecule has 0 atom stereocenters. The minimum absolute atomic E-state index is 0.0902. The molecule has 0 spiro atoms. The molecular weight excluding hydrogens is 216 g/mol. The third-order valence-corrected chi connectivity index (χ3v) is 3.05. The van der Waals surface area contributed by atoms with Gasteiger partial charge in [-0.25, -0.2) is 0 Å². The lowest BCUT2D eigenvalue weighted by molar-refractivity contribution is -0.131. The molecule has 2 rings (SSSR count). The fourth-order valence-electron chi connectivity index (χ4n) is 2.04. The molecule has 0 aliphatic carbocycles. The number of nitrogens with one attached hydrogen (secondary N) is 1. The van der Waals surface area contributed by atoms with Crippen LogP contribution >= 0.6 is 0 Å². The second-order valence-corrected chi connectivity index (χ2v) is 4.44. The quantitative estimate of drug-likeness (QED) is 0.791. The van der Waals surface area contributed by atoms with Crippen molar-refractivity contribution in [3.8, 4) is 5.75 Å². The number of rotatable bonds is 2. The molecule has 4 heteroatoms. The van der Waals surface area contributed by atoms with Gasteiger partial charge in [0.1, 0.15) is 5.75 Å². The zero-order valence-corrected chi connectivity index (χ0v) is 10.1. The Hall–Kier alpha value is -1.55. The third kappa shape index (κ3) is 2.97. The fraction of sp³-hybridized carbons (Fsp3) is 0.462. The molecular formula is C13H18N2O2. The van der Waals surface area contributed by atoms with Crippen LogP contribution in [-0.2, 0) is 11.2 Å². The summed E-state index contributed by atoms with van der Waals surface area (Å²) >= 11 is 0. The Kier molecular flexibility index (Phi) is 3.64. The molecule has 0 radical (unpaired) electrons. The van der Waals surface area contributed by atoms with Crippen LogP contribution in [0.1, 0.15) is 11.1 Å². The summed E-state index contributed by atoms with van der Waals surface area (Å²) in [7, 11) is 0. The summed E-state index contributed by atoms with van der Waals surface area (Å²) in [5, 5.41) is 12.9. The van der Waals surface area contributed by atoms with Crippen LogP contribution < -0.4 is 5.32 Å². The van der Waals surface area contributed by atoms with E-state index in [4.69, 9.17) is 0 Å². The highest BCUT2D eigenvalue weighted by Crippen LogP contribution is 2.19. The molecule has 1 fully saturated rings. The standard InChI is InChI=1S/C13H18N2O2/c1-10-2-3-12(16)11(8-10)9-13(17)15-6-4-14-5-7-15/h2-3,8,14,16H,4-7,9H2,1H3. The van der Waals surface area contributed by atoms with Crippen molar-refractivity contribution in [2.45, 2.75) is 13.3 Å². The SMILES string of the molecule is Cc1ccc(O)c(CC(=O)N2CCNCC2)c1. The molecule has 0 unspecified atom stereocenters. The number of carbonyl (C=O) groups excluding carboxylic acids is 1. The number of amides is 1. The van der Waals surface area contributed by atoms with Gasteiger partial charge in [0.2, 0.25) is 5.91 Å². The molecule has 4 nitrogen and oxygen atoms in total. The minimum atomic E-state index is 0.0902. The van der Waals surface area contributed by atoms with Gasteiger partial charge in [0.25, 0.3) is 0 Å². The average Bonchev–Trinajstić information content (AvgIpc) is 2.35. The van der Waals surface area contributed by atoms with Crippen molar-refractivity contribution >= 4 is 5.91 Å². The molecule has 92 valence electrons. The summed E-state index contributed by atoms with van der Waals surface area (Å²) in [4.78, 5) is 13.9. The molecule has 0 saturated carbocycles. The van der Waals surface area contributed by atoms with Gasteiger partial charge in [-0.3, -0.25) is 4.79 Å². The largest absolute Gasteiger partial charge is 0.508 e. The van der Waals surface area contributed by atoms with Crippen molar-refractivity contribution in [2.24, 2.45) is 0 Å². The lowest BCUT2D eigenvalue weighted by atomic mass is 10.1. The van der Waals surface area contributed by atoms with Crippen molar-refractivity contribution in [1.82, 2.24) is 10.2 Å². The van der Waals surface area contributed by atoms with Gasteiger partial charge in [0.05, 0.1) is 6.42 Å². The molecule has 1 aromatic carbocycles. The molecule has 1 amide bonds. The van der Waals surface area contributed by atoms with Gasteiger partial charge >= 0.3 is 0 Å². The molecule has 2 N–H and O–H groups in total. The van der Waals surface area contributed by atoms with E-state index in [9.17, 15) is 9.90 Å². The maximum absolute atomic E-state index is 12.0. The van der Waals surface area contributed by atoms with Crippen molar-refractivity contribution in [2.75, 3.05) is 26.2 Å². The van der Waals surface area contributed by atoms with Crippen molar-refractivity contribution < 1.29 is 9.90 Å². The Balaban J connectivity index is 2.04. The van der Waals surface area contributed by atoms with E-state index in [1.807, 2.05) is 24.0 Å². The molecule has 1 aromatic rings. The van der Waals surface area contributed by atoms with Crippen LogP contribution in [0.3, 0.4) is 0 Å². The molecule has 1 aliphatic heterocycles. The van der Waals surface area contributed by atoms with Crippen molar-refractivity contribution in [1.29, 1.82) is 0 Å². The van der Waals surface area contributed by atoms with Crippen LogP contribution in [-0.4, -0.2) is 42.1 Å². The number of nitrogens with zero attached hydrogens (tertiary/aromatic N) is 1. The topological polar surface area (TPSA) is 52.6 Å². The number of hydrogen-bond donors (Lipinski definition) is 2. The molecule has 1 saturated heterocycles. The number of piperazine rings is 1. The summed E-state index contributed by atoms with van der Waals surface area (Å²) in [5.41, 5.74) is 1.78. The van der Waals surface area contributed by atoms with Crippen LogP contribution in [0.5, 0.6) is 5.75 Å². The highest BCUT2D eigenvalue weighted by molar-refractivity contribution is 5.79. The predicted octanol–water partition coefficient (Wildman–Crippen LogP) is 0.675. The number of aryl methyl sites for hydroxylation is 1. The average molecular weight is 234 g/mol. The van der Waals surface area contributed by atoms with Crippen molar-refractivity contribution in [3.63, 3.8) is 0 Å². The van der Waals surface area contributed by atoms with Gasteiger partial charge in [-0.05, 0) is 13.0 Å². The van der Waals surface area contributed by atoms with E-state index in [1.165, 1.54) is 0 Å². The van der Waals surface area contributed by atoms with Gasteiger partial charge in [-0.1, -0.05) is 17.7 Å². The Bertz CT molecular complexity index is 412. The second-order valence-electron chi connectivity index (χ2n) is 4.44.